The molecule has 68 heavy (non-hydrogen) atoms. The Morgan fingerprint density at radius 2 is 1.59 bits per heavy atom. The van der Waals surface area contributed by atoms with Crippen LogP contribution in [0.1, 0.15) is 67.1 Å². The van der Waals surface area contributed by atoms with Crippen molar-refractivity contribution in [3.63, 3.8) is 0 Å². The third kappa shape index (κ3) is 8.30. The number of fused-ring (bicyclic) bond motifs is 4. The number of amides is 3. The van der Waals surface area contributed by atoms with Gasteiger partial charge >= 0.3 is 6.09 Å². The molecule has 1 saturated heterocycles. The van der Waals surface area contributed by atoms with Crippen molar-refractivity contribution in [3.8, 4) is 22.8 Å². The minimum absolute atomic E-state index is 0.0814. The topological polar surface area (TPSA) is 126 Å². The number of pyridine rings is 1. The molecule has 4 aliphatic heterocycles. The number of phenols is 1. The number of hydrogen-bond acceptors (Lipinski definition) is 8. The van der Waals surface area contributed by atoms with E-state index in [4.69, 9.17) is 14.5 Å². The lowest BCUT2D eigenvalue weighted by molar-refractivity contribution is 0.0193. The van der Waals surface area contributed by atoms with Gasteiger partial charge in [-0.05, 0) is 128 Å². The van der Waals surface area contributed by atoms with E-state index in [0.717, 1.165) is 89.1 Å². The average molecular weight is 910 g/mol. The number of aromatic nitrogens is 3. The van der Waals surface area contributed by atoms with Gasteiger partial charge in [0, 0.05) is 98.7 Å². The van der Waals surface area contributed by atoms with E-state index < -0.39 is 6.09 Å². The van der Waals surface area contributed by atoms with Crippen LogP contribution in [0.2, 0.25) is 0 Å². The highest BCUT2D eigenvalue weighted by Crippen LogP contribution is 2.40. The summed E-state index contributed by atoms with van der Waals surface area (Å²) in [6.07, 6.45) is 7.07. The fourth-order valence-corrected chi connectivity index (χ4v) is 10.6. The molecule has 7 aromatic rings. The number of carbonyl (C=O) groups is 3. The number of aromatic hydroxyl groups is 1. The van der Waals surface area contributed by atoms with E-state index in [9.17, 15) is 9.90 Å². The van der Waals surface area contributed by atoms with E-state index in [1.54, 1.807) is 52.4 Å². The summed E-state index contributed by atoms with van der Waals surface area (Å²) in [7, 11) is 1.94. The van der Waals surface area contributed by atoms with Crippen LogP contribution in [0.5, 0.6) is 11.5 Å². The van der Waals surface area contributed by atoms with Crippen molar-refractivity contribution in [3.05, 3.63) is 160 Å². The molecular formula is C55H55N7O6. The van der Waals surface area contributed by atoms with Gasteiger partial charge in [-0.15, -0.1) is 0 Å². The number of phenolic OH excluding ortho intramolecular Hbond substituents is 1. The number of carbonyl (C=O) groups excluding carboxylic acids is 3. The molecule has 1 fully saturated rings. The molecule has 7 heterocycles. The maximum atomic E-state index is 15.8. The molecule has 0 bridgehead atoms. The second-order valence-corrected chi connectivity index (χ2v) is 18.7. The Kier molecular flexibility index (Phi) is 11.5. The van der Waals surface area contributed by atoms with Crippen molar-refractivity contribution < 1.29 is 29.0 Å². The van der Waals surface area contributed by atoms with E-state index in [0.29, 0.717) is 73.9 Å². The van der Waals surface area contributed by atoms with Crippen LogP contribution in [-0.2, 0) is 50.7 Å². The van der Waals surface area contributed by atoms with Gasteiger partial charge < -0.3 is 33.5 Å². The molecule has 4 aromatic carbocycles. The molecule has 346 valence electrons. The number of morpholine rings is 1. The predicted octanol–water partition coefficient (Wildman–Crippen LogP) is 8.83. The second-order valence-electron chi connectivity index (χ2n) is 18.7. The monoisotopic (exact) mass is 909 g/mol. The average Bonchev–Trinajstić information content (AvgIpc) is 3.94. The normalized spacial score (nSPS) is 17.1. The molecule has 4 aliphatic rings. The standard InChI is InChI=1S/C55H55N7O6/c1-36-10-16-46(17-11-36)68-55(66)59-22-19-38-29-47(48(30-41(38)33-59)53(64)61-34-40-8-4-3-7-37(40)27-44(61)35-58-23-25-67-26-24-58)51-31-49(50-9-5-6-20-60(50)51)54(65)62(42-12-14-45(63)15-13-42)43-28-39-18-21-57(2)52(39)56-32-43/h3-4,7-8,10-18,21,28-32,44,63H,5-6,9,19-20,22-27,33-35H2,1-2H3/t44-/m0/s1. The van der Waals surface area contributed by atoms with Crippen molar-refractivity contribution in [2.24, 2.45) is 7.05 Å². The molecule has 3 aromatic heterocycles. The van der Waals surface area contributed by atoms with Crippen LogP contribution in [0.25, 0.3) is 22.3 Å². The summed E-state index contributed by atoms with van der Waals surface area (Å²) in [6.45, 7) is 7.55. The molecule has 1 atom stereocenters. The molecule has 13 nitrogen and oxygen atoms in total. The Labute approximate surface area is 395 Å². The lowest BCUT2D eigenvalue weighted by Gasteiger charge is -2.41. The summed E-state index contributed by atoms with van der Waals surface area (Å²) in [5.74, 6) is 0.277. The summed E-state index contributed by atoms with van der Waals surface area (Å²) in [5, 5.41) is 11.2. The number of aryl methyl sites for hydroxylation is 2. The summed E-state index contributed by atoms with van der Waals surface area (Å²) in [5.41, 5.74) is 11.0. The van der Waals surface area contributed by atoms with Gasteiger partial charge in [0.1, 0.15) is 17.1 Å². The van der Waals surface area contributed by atoms with Crippen LogP contribution in [0.3, 0.4) is 0 Å². The fourth-order valence-electron chi connectivity index (χ4n) is 10.6. The number of anilines is 2. The Morgan fingerprint density at radius 3 is 2.40 bits per heavy atom. The van der Waals surface area contributed by atoms with E-state index in [2.05, 4.69) is 38.6 Å². The Hall–Kier alpha value is -7.22. The summed E-state index contributed by atoms with van der Waals surface area (Å²) in [6, 6.07) is 32.6. The number of nitrogens with zero attached hydrogens (tertiary/aromatic N) is 7. The molecule has 0 unspecified atom stereocenters. The van der Waals surface area contributed by atoms with Crippen LogP contribution in [-0.4, -0.2) is 97.3 Å². The molecule has 3 amide bonds. The Bertz CT molecular complexity index is 3060. The smallest absolute Gasteiger partial charge is 0.415 e. The van der Waals surface area contributed by atoms with E-state index in [-0.39, 0.29) is 30.2 Å². The van der Waals surface area contributed by atoms with Crippen molar-refractivity contribution in [2.75, 3.05) is 44.3 Å². The molecule has 1 N–H and O–H groups in total. The van der Waals surface area contributed by atoms with Gasteiger partial charge in [0.25, 0.3) is 11.8 Å². The van der Waals surface area contributed by atoms with Crippen LogP contribution >= 0.6 is 0 Å². The SMILES string of the molecule is Cc1ccc(OC(=O)N2CCc3cc(-c4cc(C(=O)N(c5ccc(O)cc5)c5cnc6c(ccn6C)c5)c5n4CCCC5)c(C(=O)N4Cc5ccccc5C[C@H]4CN4CCOCC4)cc3C2)cc1. The number of rotatable bonds is 8. The summed E-state index contributed by atoms with van der Waals surface area (Å²) >= 11 is 0. The van der Waals surface area contributed by atoms with Crippen molar-refractivity contribution >= 4 is 40.3 Å². The zero-order valence-corrected chi connectivity index (χ0v) is 38.6. The molecule has 0 aliphatic carbocycles. The van der Waals surface area contributed by atoms with Crippen molar-refractivity contribution in [1.29, 1.82) is 0 Å². The highest BCUT2D eigenvalue weighted by Gasteiger charge is 2.36. The first-order valence-electron chi connectivity index (χ1n) is 23.8. The first kappa shape index (κ1) is 43.4. The van der Waals surface area contributed by atoms with Crippen LogP contribution in [0.15, 0.2) is 116 Å². The third-order valence-electron chi connectivity index (χ3n) is 14.3. The first-order valence-corrected chi connectivity index (χ1v) is 23.8. The summed E-state index contributed by atoms with van der Waals surface area (Å²) in [4.78, 5) is 57.6. The van der Waals surface area contributed by atoms with Crippen LogP contribution < -0.4 is 9.64 Å². The van der Waals surface area contributed by atoms with Crippen molar-refractivity contribution in [1.82, 2.24) is 28.8 Å². The first-order chi connectivity index (χ1) is 33.1. The second kappa shape index (κ2) is 18.1. The lowest BCUT2D eigenvalue weighted by Crippen LogP contribution is -2.52. The highest BCUT2D eigenvalue weighted by molar-refractivity contribution is 6.13. The van der Waals surface area contributed by atoms with E-state index in [1.807, 2.05) is 67.2 Å². The molecule has 0 spiro atoms. The largest absolute Gasteiger partial charge is 0.508 e. The quantitative estimate of drug-likeness (QED) is 0.161. The Morgan fingerprint density at radius 1 is 0.794 bits per heavy atom. The minimum atomic E-state index is -0.432. The number of benzene rings is 4. The summed E-state index contributed by atoms with van der Waals surface area (Å²) < 4.78 is 15.8. The zero-order chi connectivity index (χ0) is 46.5. The van der Waals surface area contributed by atoms with Gasteiger partial charge in [0.15, 0.2) is 0 Å². The van der Waals surface area contributed by atoms with Crippen LogP contribution in [0, 0.1) is 6.92 Å². The highest BCUT2D eigenvalue weighted by atomic mass is 16.6. The van der Waals surface area contributed by atoms with Gasteiger partial charge in [0.2, 0.25) is 0 Å². The van der Waals surface area contributed by atoms with E-state index in [1.165, 1.54) is 5.56 Å². The van der Waals surface area contributed by atoms with Crippen molar-refractivity contribution in [2.45, 2.75) is 64.7 Å². The maximum Gasteiger partial charge on any atom is 0.415 e. The molecular weight excluding hydrogens is 855 g/mol. The molecule has 0 saturated carbocycles. The Balaban J connectivity index is 1.03. The van der Waals surface area contributed by atoms with Gasteiger partial charge in [-0.1, -0.05) is 42.0 Å². The molecule has 0 radical (unpaired) electrons. The van der Waals surface area contributed by atoms with Gasteiger partial charge in [-0.25, -0.2) is 9.78 Å². The lowest BCUT2D eigenvalue weighted by atomic mass is 9.89. The fraction of sp³-hybridized carbons (Fsp3) is 0.309. The number of ether oxygens (including phenoxy) is 2. The third-order valence-corrected chi connectivity index (χ3v) is 14.3. The molecule has 11 rings (SSSR count). The molecule has 13 heteroatoms. The van der Waals surface area contributed by atoms with Gasteiger partial charge in [-0.3, -0.25) is 19.4 Å². The minimum Gasteiger partial charge on any atom is -0.508 e. The zero-order valence-electron chi connectivity index (χ0n) is 38.6. The van der Waals surface area contributed by atoms with Gasteiger partial charge in [-0.2, -0.15) is 0 Å². The van der Waals surface area contributed by atoms with Gasteiger partial charge in [0.05, 0.1) is 30.7 Å². The number of hydrogen-bond donors (Lipinski definition) is 1. The predicted molar refractivity (Wildman–Crippen MR) is 260 cm³/mol. The van der Waals surface area contributed by atoms with E-state index >= 15 is 9.59 Å². The van der Waals surface area contributed by atoms with Crippen LogP contribution in [0.4, 0.5) is 16.2 Å². The maximum absolute atomic E-state index is 15.8.